The standard InChI is InChI=1S/C13H26N2O2/c1-17-10-4-2-3-8-15-13(16)6-5-12-7-9-14-11-12/h12,14H,2-11H2,1H3,(H,15,16). The highest BCUT2D eigenvalue weighted by atomic mass is 16.5. The van der Waals surface area contributed by atoms with Crippen LogP contribution in [0.15, 0.2) is 0 Å². The molecule has 4 heteroatoms. The van der Waals surface area contributed by atoms with Crippen LogP contribution in [-0.2, 0) is 9.53 Å². The van der Waals surface area contributed by atoms with Crippen LogP contribution in [0.2, 0.25) is 0 Å². The van der Waals surface area contributed by atoms with Crippen molar-refractivity contribution >= 4 is 5.91 Å². The molecule has 1 fully saturated rings. The Labute approximate surface area is 104 Å². The first-order chi connectivity index (χ1) is 8.33. The second kappa shape index (κ2) is 9.42. The van der Waals surface area contributed by atoms with Gasteiger partial charge in [0.05, 0.1) is 0 Å². The molecule has 0 aliphatic carbocycles. The molecule has 0 saturated carbocycles. The predicted octanol–water partition coefficient (Wildman–Crippen LogP) is 1.31. The molecule has 1 aliphatic rings. The lowest BCUT2D eigenvalue weighted by molar-refractivity contribution is -0.121. The summed E-state index contributed by atoms with van der Waals surface area (Å²) in [6, 6.07) is 0. The van der Waals surface area contributed by atoms with Gasteiger partial charge < -0.3 is 15.4 Å². The number of rotatable bonds is 9. The van der Waals surface area contributed by atoms with Crippen LogP contribution < -0.4 is 10.6 Å². The zero-order valence-electron chi connectivity index (χ0n) is 11.0. The quantitative estimate of drug-likeness (QED) is 0.599. The Bertz CT molecular complexity index is 204. The van der Waals surface area contributed by atoms with E-state index in [4.69, 9.17) is 4.74 Å². The van der Waals surface area contributed by atoms with E-state index in [2.05, 4.69) is 10.6 Å². The van der Waals surface area contributed by atoms with Crippen molar-refractivity contribution in [1.82, 2.24) is 10.6 Å². The number of nitrogens with one attached hydrogen (secondary N) is 2. The molecule has 1 saturated heterocycles. The van der Waals surface area contributed by atoms with Crippen LogP contribution in [0, 0.1) is 5.92 Å². The van der Waals surface area contributed by atoms with Crippen molar-refractivity contribution in [3.8, 4) is 0 Å². The van der Waals surface area contributed by atoms with E-state index in [0.717, 1.165) is 51.9 Å². The first-order valence-corrected chi connectivity index (χ1v) is 6.79. The van der Waals surface area contributed by atoms with Crippen molar-refractivity contribution in [2.24, 2.45) is 5.92 Å². The normalized spacial score (nSPS) is 19.5. The Morgan fingerprint density at radius 3 is 3.00 bits per heavy atom. The van der Waals surface area contributed by atoms with E-state index < -0.39 is 0 Å². The summed E-state index contributed by atoms with van der Waals surface area (Å²) >= 11 is 0. The summed E-state index contributed by atoms with van der Waals surface area (Å²) in [5.74, 6) is 0.922. The van der Waals surface area contributed by atoms with Crippen LogP contribution in [0.25, 0.3) is 0 Å². The van der Waals surface area contributed by atoms with Gasteiger partial charge in [-0.15, -0.1) is 0 Å². The van der Waals surface area contributed by atoms with Crippen molar-refractivity contribution in [3.63, 3.8) is 0 Å². The van der Waals surface area contributed by atoms with Gasteiger partial charge in [-0.3, -0.25) is 4.79 Å². The molecule has 1 unspecified atom stereocenters. The van der Waals surface area contributed by atoms with Crippen molar-refractivity contribution in [1.29, 1.82) is 0 Å². The molecular weight excluding hydrogens is 216 g/mol. The second-order valence-corrected chi connectivity index (χ2v) is 4.80. The third kappa shape index (κ3) is 7.34. The molecule has 2 N–H and O–H groups in total. The zero-order chi connectivity index (χ0) is 12.3. The minimum atomic E-state index is 0.212. The number of unbranched alkanes of at least 4 members (excludes halogenated alkanes) is 2. The number of methoxy groups -OCH3 is 1. The summed E-state index contributed by atoms with van der Waals surface area (Å²) in [6.45, 7) is 3.84. The van der Waals surface area contributed by atoms with Gasteiger partial charge in [0.15, 0.2) is 0 Å². The molecule has 17 heavy (non-hydrogen) atoms. The number of amides is 1. The Hall–Kier alpha value is -0.610. The van der Waals surface area contributed by atoms with Gasteiger partial charge in [-0.2, -0.15) is 0 Å². The molecule has 0 spiro atoms. The first-order valence-electron chi connectivity index (χ1n) is 6.79. The average molecular weight is 242 g/mol. The monoisotopic (exact) mass is 242 g/mol. The SMILES string of the molecule is COCCCCCNC(=O)CCC1CCNC1. The Kier molecular flexibility index (Phi) is 8.01. The van der Waals surface area contributed by atoms with Gasteiger partial charge in [0.2, 0.25) is 5.91 Å². The summed E-state index contributed by atoms with van der Waals surface area (Å²) in [7, 11) is 1.72. The highest BCUT2D eigenvalue weighted by Gasteiger charge is 2.15. The van der Waals surface area contributed by atoms with E-state index in [1.807, 2.05) is 0 Å². The fourth-order valence-corrected chi connectivity index (χ4v) is 2.16. The van der Waals surface area contributed by atoms with E-state index in [0.29, 0.717) is 12.3 Å². The number of carbonyl (C=O) groups excluding carboxylic acids is 1. The fraction of sp³-hybridized carbons (Fsp3) is 0.923. The maximum atomic E-state index is 11.5. The maximum Gasteiger partial charge on any atom is 0.220 e. The molecule has 1 heterocycles. The number of hydrogen-bond acceptors (Lipinski definition) is 3. The topological polar surface area (TPSA) is 50.4 Å². The molecule has 0 aromatic rings. The van der Waals surface area contributed by atoms with Crippen molar-refractivity contribution < 1.29 is 9.53 Å². The highest BCUT2D eigenvalue weighted by molar-refractivity contribution is 5.75. The van der Waals surface area contributed by atoms with Crippen molar-refractivity contribution in [3.05, 3.63) is 0 Å². The molecule has 4 nitrogen and oxygen atoms in total. The zero-order valence-corrected chi connectivity index (χ0v) is 11.0. The van der Waals surface area contributed by atoms with Crippen LogP contribution in [-0.4, -0.2) is 39.3 Å². The Morgan fingerprint density at radius 2 is 2.29 bits per heavy atom. The predicted molar refractivity (Wildman–Crippen MR) is 68.9 cm³/mol. The number of hydrogen-bond donors (Lipinski definition) is 2. The van der Waals surface area contributed by atoms with Gasteiger partial charge in [-0.05, 0) is 51.1 Å². The molecule has 0 aromatic heterocycles. The van der Waals surface area contributed by atoms with Gasteiger partial charge in [-0.1, -0.05) is 0 Å². The van der Waals surface area contributed by atoms with Gasteiger partial charge in [0, 0.05) is 26.7 Å². The van der Waals surface area contributed by atoms with Gasteiger partial charge in [-0.25, -0.2) is 0 Å². The maximum absolute atomic E-state index is 11.5. The molecule has 1 amide bonds. The molecule has 1 aliphatic heterocycles. The van der Waals surface area contributed by atoms with E-state index in [1.165, 1.54) is 6.42 Å². The van der Waals surface area contributed by atoms with E-state index in [9.17, 15) is 4.79 Å². The number of carbonyl (C=O) groups is 1. The second-order valence-electron chi connectivity index (χ2n) is 4.80. The van der Waals surface area contributed by atoms with Crippen LogP contribution in [0.5, 0.6) is 0 Å². The van der Waals surface area contributed by atoms with E-state index >= 15 is 0 Å². The molecule has 100 valence electrons. The third-order valence-corrected chi connectivity index (χ3v) is 3.29. The lowest BCUT2D eigenvalue weighted by Gasteiger charge is -2.08. The minimum Gasteiger partial charge on any atom is -0.385 e. The molecular formula is C13H26N2O2. The minimum absolute atomic E-state index is 0.212. The fourth-order valence-electron chi connectivity index (χ4n) is 2.16. The highest BCUT2D eigenvalue weighted by Crippen LogP contribution is 2.13. The summed E-state index contributed by atoms with van der Waals surface area (Å²) in [5, 5.41) is 6.31. The van der Waals surface area contributed by atoms with Gasteiger partial charge in [0.25, 0.3) is 0 Å². The van der Waals surface area contributed by atoms with Crippen molar-refractivity contribution in [2.75, 3.05) is 33.4 Å². The summed E-state index contributed by atoms with van der Waals surface area (Å²) in [6.07, 6.45) is 6.21. The molecule has 0 bridgehead atoms. The first kappa shape index (κ1) is 14.5. The van der Waals surface area contributed by atoms with Crippen LogP contribution >= 0.6 is 0 Å². The molecule has 0 aromatic carbocycles. The number of ether oxygens (including phenoxy) is 1. The average Bonchev–Trinajstić information content (AvgIpc) is 2.84. The smallest absolute Gasteiger partial charge is 0.220 e. The van der Waals surface area contributed by atoms with E-state index in [1.54, 1.807) is 7.11 Å². The van der Waals surface area contributed by atoms with Crippen LogP contribution in [0.1, 0.15) is 38.5 Å². The lowest BCUT2D eigenvalue weighted by Crippen LogP contribution is -2.25. The Morgan fingerprint density at radius 1 is 1.41 bits per heavy atom. The van der Waals surface area contributed by atoms with E-state index in [-0.39, 0.29) is 5.91 Å². The van der Waals surface area contributed by atoms with Crippen molar-refractivity contribution in [2.45, 2.75) is 38.5 Å². The Balaban J connectivity index is 1.87. The van der Waals surface area contributed by atoms with Gasteiger partial charge in [0.1, 0.15) is 0 Å². The molecule has 0 radical (unpaired) electrons. The largest absolute Gasteiger partial charge is 0.385 e. The third-order valence-electron chi connectivity index (χ3n) is 3.29. The van der Waals surface area contributed by atoms with Gasteiger partial charge >= 0.3 is 0 Å². The summed E-state index contributed by atoms with van der Waals surface area (Å²) in [4.78, 5) is 11.5. The van der Waals surface area contributed by atoms with Crippen LogP contribution in [0.3, 0.4) is 0 Å². The summed E-state index contributed by atoms with van der Waals surface area (Å²) < 4.78 is 4.97. The van der Waals surface area contributed by atoms with Crippen LogP contribution in [0.4, 0.5) is 0 Å². The lowest BCUT2D eigenvalue weighted by atomic mass is 10.0. The summed E-state index contributed by atoms with van der Waals surface area (Å²) in [5.41, 5.74) is 0. The molecule has 1 rings (SSSR count). The molecule has 1 atom stereocenters.